The van der Waals surface area contributed by atoms with Gasteiger partial charge in [-0.25, -0.2) is 0 Å². The summed E-state index contributed by atoms with van der Waals surface area (Å²) in [6.07, 6.45) is 1.47. The lowest BCUT2D eigenvalue weighted by Gasteiger charge is -2.24. The molecule has 0 bridgehead atoms. The molecule has 21 heavy (non-hydrogen) atoms. The first kappa shape index (κ1) is 15.4. The zero-order valence-corrected chi connectivity index (χ0v) is 12.5. The molecule has 2 amide bonds. The van der Waals surface area contributed by atoms with Crippen molar-refractivity contribution in [3.63, 3.8) is 0 Å². The molecule has 0 radical (unpaired) electrons. The first-order chi connectivity index (χ1) is 10.0. The molecule has 1 aliphatic heterocycles. The lowest BCUT2D eigenvalue weighted by atomic mass is 10.1. The van der Waals surface area contributed by atoms with Gasteiger partial charge >= 0.3 is 0 Å². The lowest BCUT2D eigenvalue weighted by Crippen LogP contribution is -2.46. The summed E-state index contributed by atoms with van der Waals surface area (Å²) in [7, 11) is 0. The summed E-state index contributed by atoms with van der Waals surface area (Å²) < 4.78 is 0. The van der Waals surface area contributed by atoms with Gasteiger partial charge in [-0.1, -0.05) is 26.0 Å². The van der Waals surface area contributed by atoms with Gasteiger partial charge in [0.15, 0.2) is 0 Å². The van der Waals surface area contributed by atoms with Gasteiger partial charge in [-0.3, -0.25) is 9.59 Å². The molecule has 5 heteroatoms. The number of nitrogens with one attached hydrogen (secondary N) is 1. The maximum Gasteiger partial charge on any atom is 0.258 e. The zero-order valence-electron chi connectivity index (χ0n) is 12.5. The largest absolute Gasteiger partial charge is 0.507 e. The van der Waals surface area contributed by atoms with Gasteiger partial charge < -0.3 is 15.3 Å². The Labute approximate surface area is 125 Å². The third kappa shape index (κ3) is 3.54. The minimum Gasteiger partial charge on any atom is -0.507 e. The van der Waals surface area contributed by atoms with Crippen molar-refractivity contribution >= 4 is 11.8 Å². The molecule has 1 fully saturated rings. The average molecular weight is 290 g/mol. The highest BCUT2D eigenvalue weighted by Gasteiger charge is 2.35. The van der Waals surface area contributed by atoms with Crippen molar-refractivity contribution in [3.8, 4) is 5.75 Å². The van der Waals surface area contributed by atoms with Crippen LogP contribution in [0.4, 0.5) is 0 Å². The Hall–Kier alpha value is -2.04. The van der Waals surface area contributed by atoms with Gasteiger partial charge in [0.05, 0.1) is 5.56 Å². The first-order valence-corrected chi connectivity index (χ1v) is 7.37. The Bertz CT molecular complexity index is 528. The number of aromatic hydroxyl groups is 1. The molecule has 1 atom stereocenters. The van der Waals surface area contributed by atoms with Crippen LogP contribution in [0.15, 0.2) is 24.3 Å². The number of nitrogens with zero attached hydrogens (tertiary/aromatic N) is 1. The minimum absolute atomic E-state index is 0.0456. The Morgan fingerprint density at radius 2 is 2.10 bits per heavy atom. The number of phenolic OH excluding ortho intramolecular Hbond substituents is 1. The van der Waals surface area contributed by atoms with Crippen LogP contribution in [0.2, 0.25) is 0 Å². The number of carbonyl (C=O) groups is 2. The third-order valence-electron chi connectivity index (χ3n) is 3.64. The van der Waals surface area contributed by atoms with Crippen molar-refractivity contribution in [3.05, 3.63) is 29.8 Å². The van der Waals surface area contributed by atoms with Crippen LogP contribution in [-0.2, 0) is 4.79 Å². The molecule has 1 unspecified atom stereocenters. The summed E-state index contributed by atoms with van der Waals surface area (Å²) in [5.41, 5.74) is 0.251. The van der Waals surface area contributed by atoms with Crippen molar-refractivity contribution in [1.82, 2.24) is 10.2 Å². The van der Waals surface area contributed by atoms with Gasteiger partial charge in [0.25, 0.3) is 5.91 Å². The van der Waals surface area contributed by atoms with E-state index in [0.29, 0.717) is 25.4 Å². The number of likely N-dealkylation sites (tertiary alicyclic amines) is 1. The van der Waals surface area contributed by atoms with Crippen LogP contribution in [0.25, 0.3) is 0 Å². The van der Waals surface area contributed by atoms with Gasteiger partial charge in [-0.15, -0.1) is 0 Å². The fourth-order valence-electron chi connectivity index (χ4n) is 2.51. The van der Waals surface area contributed by atoms with E-state index in [1.165, 1.54) is 6.07 Å². The molecule has 114 valence electrons. The van der Waals surface area contributed by atoms with Gasteiger partial charge in [-0.2, -0.15) is 0 Å². The standard InChI is InChI=1S/C16H22N2O3/c1-11(2)10-17-15(20)13-7-5-9-18(13)16(21)12-6-3-4-8-14(12)19/h3-4,6,8,11,13,19H,5,7,9-10H2,1-2H3,(H,17,20). The van der Waals surface area contributed by atoms with E-state index in [1.807, 2.05) is 13.8 Å². The number of benzene rings is 1. The first-order valence-electron chi connectivity index (χ1n) is 7.37. The SMILES string of the molecule is CC(C)CNC(=O)C1CCCN1C(=O)c1ccccc1O. The van der Waals surface area contributed by atoms with E-state index in [4.69, 9.17) is 0 Å². The second-order valence-electron chi connectivity index (χ2n) is 5.81. The van der Waals surface area contributed by atoms with E-state index in [9.17, 15) is 14.7 Å². The Morgan fingerprint density at radius 1 is 1.38 bits per heavy atom. The molecule has 5 nitrogen and oxygen atoms in total. The van der Waals surface area contributed by atoms with E-state index >= 15 is 0 Å². The van der Waals surface area contributed by atoms with Crippen LogP contribution in [0.3, 0.4) is 0 Å². The second kappa shape index (κ2) is 6.61. The quantitative estimate of drug-likeness (QED) is 0.888. The van der Waals surface area contributed by atoms with Gasteiger partial charge in [0, 0.05) is 13.1 Å². The molecule has 0 aromatic heterocycles. The van der Waals surface area contributed by atoms with Gasteiger partial charge in [0.2, 0.25) is 5.91 Å². The fourth-order valence-corrected chi connectivity index (χ4v) is 2.51. The fraction of sp³-hybridized carbons (Fsp3) is 0.500. The van der Waals surface area contributed by atoms with Crippen LogP contribution in [-0.4, -0.2) is 41.0 Å². The number of carbonyl (C=O) groups excluding carboxylic acids is 2. The molecule has 1 aromatic carbocycles. The van der Waals surface area contributed by atoms with Crippen LogP contribution in [0, 0.1) is 5.92 Å². The molecule has 0 aliphatic carbocycles. The highest BCUT2D eigenvalue weighted by molar-refractivity contribution is 5.99. The van der Waals surface area contributed by atoms with E-state index in [1.54, 1.807) is 23.1 Å². The Kier molecular flexibility index (Phi) is 4.83. The Morgan fingerprint density at radius 3 is 2.76 bits per heavy atom. The Balaban J connectivity index is 2.10. The summed E-state index contributed by atoms with van der Waals surface area (Å²) >= 11 is 0. The molecule has 1 aliphatic rings. The van der Waals surface area contributed by atoms with Crippen molar-refractivity contribution in [1.29, 1.82) is 0 Å². The molecular weight excluding hydrogens is 268 g/mol. The van der Waals surface area contributed by atoms with E-state index < -0.39 is 6.04 Å². The van der Waals surface area contributed by atoms with Crippen LogP contribution in [0.5, 0.6) is 5.75 Å². The summed E-state index contributed by atoms with van der Waals surface area (Å²) in [6, 6.07) is 6.01. The highest BCUT2D eigenvalue weighted by Crippen LogP contribution is 2.24. The topological polar surface area (TPSA) is 69.6 Å². The number of hydrogen-bond acceptors (Lipinski definition) is 3. The zero-order chi connectivity index (χ0) is 15.4. The summed E-state index contributed by atoms with van der Waals surface area (Å²) in [4.78, 5) is 26.3. The number of rotatable bonds is 4. The lowest BCUT2D eigenvalue weighted by molar-refractivity contribution is -0.125. The predicted molar refractivity (Wildman–Crippen MR) is 80.0 cm³/mol. The van der Waals surface area contributed by atoms with Gasteiger partial charge in [0.1, 0.15) is 11.8 Å². The normalized spacial score (nSPS) is 18.0. The number of phenols is 1. The predicted octanol–water partition coefficient (Wildman–Crippen LogP) is 1.77. The van der Waals surface area contributed by atoms with Crippen molar-refractivity contribution in [2.75, 3.05) is 13.1 Å². The molecule has 2 rings (SSSR count). The van der Waals surface area contributed by atoms with Crippen LogP contribution in [0.1, 0.15) is 37.0 Å². The maximum atomic E-state index is 12.5. The summed E-state index contributed by atoms with van der Waals surface area (Å²) in [5.74, 6) is -0.0614. The summed E-state index contributed by atoms with van der Waals surface area (Å²) in [5, 5.41) is 12.7. The van der Waals surface area contributed by atoms with E-state index in [0.717, 1.165) is 6.42 Å². The van der Waals surface area contributed by atoms with Crippen LogP contribution < -0.4 is 5.32 Å². The second-order valence-corrected chi connectivity index (χ2v) is 5.81. The molecular formula is C16H22N2O3. The number of para-hydroxylation sites is 1. The molecule has 0 saturated carbocycles. The van der Waals surface area contributed by atoms with Gasteiger partial charge in [-0.05, 0) is 30.9 Å². The smallest absolute Gasteiger partial charge is 0.258 e. The monoisotopic (exact) mass is 290 g/mol. The van der Waals surface area contributed by atoms with Crippen molar-refractivity contribution < 1.29 is 14.7 Å². The average Bonchev–Trinajstić information content (AvgIpc) is 2.94. The van der Waals surface area contributed by atoms with Crippen LogP contribution >= 0.6 is 0 Å². The molecule has 1 aromatic rings. The minimum atomic E-state index is -0.434. The molecule has 2 N–H and O–H groups in total. The van der Waals surface area contributed by atoms with E-state index in [-0.39, 0.29) is 23.1 Å². The summed E-state index contributed by atoms with van der Waals surface area (Å²) in [6.45, 7) is 5.21. The third-order valence-corrected chi connectivity index (χ3v) is 3.64. The number of amides is 2. The molecule has 1 saturated heterocycles. The molecule has 1 heterocycles. The highest BCUT2D eigenvalue weighted by atomic mass is 16.3. The van der Waals surface area contributed by atoms with E-state index in [2.05, 4.69) is 5.32 Å². The van der Waals surface area contributed by atoms with Crippen molar-refractivity contribution in [2.45, 2.75) is 32.7 Å². The van der Waals surface area contributed by atoms with Crippen molar-refractivity contribution in [2.24, 2.45) is 5.92 Å². The number of hydrogen-bond donors (Lipinski definition) is 2. The maximum absolute atomic E-state index is 12.5. The molecule has 0 spiro atoms.